The number of hydrogen-bond donors (Lipinski definition) is 1. The van der Waals surface area contributed by atoms with Crippen LogP contribution >= 0.6 is 0 Å². The molecule has 1 aliphatic carbocycles. The van der Waals surface area contributed by atoms with E-state index in [1.807, 2.05) is 0 Å². The maximum Gasteiger partial charge on any atom is 0.168 e. The van der Waals surface area contributed by atoms with E-state index < -0.39 is 0 Å². The van der Waals surface area contributed by atoms with Gasteiger partial charge >= 0.3 is 0 Å². The summed E-state index contributed by atoms with van der Waals surface area (Å²) in [6.45, 7) is 1.28. The molecule has 2 rings (SSSR count). The Hall–Kier alpha value is -0.120. The molecule has 106 valence electrons. The fourth-order valence-electron chi connectivity index (χ4n) is 3.15. The van der Waals surface area contributed by atoms with Gasteiger partial charge in [-0.1, -0.05) is 44.9 Å². The first-order valence-electron chi connectivity index (χ1n) is 7.86. The molecule has 2 N–H and O–H groups in total. The van der Waals surface area contributed by atoms with Gasteiger partial charge in [0, 0.05) is 19.4 Å². The minimum atomic E-state index is -0.288. The second kappa shape index (κ2) is 7.46. The van der Waals surface area contributed by atoms with Crippen LogP contribution in [0.3, 0.4) is 0 Å². The van der Waals surface area contributed by atoms with Gasteiger partial charge in [0.1, 0.15) is 0 Å². The summed E-state index contributed by atoms with van der Waals surface area (Å²) in [6.07, 6.45) is 14.3. The predicted molar refractivity (Wildman–Crippen MR) is 73.4 cm³/mol. The van der Waals surface area contributed by atoms with Gasteiger partial charge in [-0.3, -0.25) is 0 Å². The van der Waals surface area contributed by atoms with Gasteiger partial charge < -0.3 is 15.2 Å². The van der Waals surface area contributed by atoms with Gasteiger partial charge in [-0.2, -0.15) is 0 Å². The number of hydrogen-bond acceptors (Lipinski definition) is 3. The Morgan fingerprint density at radius 2 is 1.33 bits per heavy atom. The van der Waals surface area contributed by atoms with Crippen LogP contribution in [0.1, 0.15) is 70.6 Å². The zero-order valence-corrected chi connectivity index (χ0v) is 11.7. The third kappa shape index (κ3) is 4.22. The number of ether oxygens (including phenoxy) is 2. The molecule has 1 atom stereocenters. The average Bonchev–Trinajstić information content (AvgIpc) is 2.78. The van der Waals surface area contributed by atoms with Crippen LogP contribution in [-0.2, 0) is 9.47 Å². The van der Waals surface area contributed by atoms with Crippen LogP contribution < -0.4 is 5.73 Å². The van der Waals surface area contributed by atoms with Crippen molar-refractivity contribution >= 4 is 0 Å². The van der Waals surface area contributed by atoms with E-state index in [2.05, 4.69) is 0 Å². The third-order valence-corrected chi connectivity index (χ3v) is 4.29. The molecule has 1 saturated carbocycles. The molecule has 0 aromatic carbocycles. The highest BCUT2D eigenvalue weighted by atomic mass is 16.7. The molecule has 18 heavy (non-hydrogen) atoms. The minimum Gasteiger partial charge on any atom is -0.347 e. The maximum atomic E-state index is 6.10. The first-order valence-corrected chi connectivity index (χ1v) is 7.86. The first-order chi connectivity index (χ1) is 8.85. The van der Waals surface area contributed by atoms with Crippen LogP contribution in [0, 0.1) is 0 Å². The summed E-state index contributed by atoms with van der Waals surface area (Å²) in [6, 6.07) is 0. The fraction of sp³-hybridized carbons (Fsp3) is 1.00. The van der Waals surface area contributed by atoms with Gasteiger partial charge in [-0.15, -0.1) is 0 Å². The summed E-state index contributed by atoms with van der Waals surface area (Å²) >= 11 is 0. The summed E-state index contributed by atoms with van der Waals surface area (Å²) in [4.78, 5) is 0. The molecule has 0 aromatic heterocycles. The van der Waals surface area contributed by atoms with Gasteiger partial charge in [0.2, 0.25) is 0 Å². The van der Waals surface area contributed by atoms with Crippen molar-refractivity contribution in [1.29, 1.82) is 0 Å². The number of nitrogens with two attached hydrogens (primary N) is 1. The summed E-state index contributed by atoms with van der Waals surface area (Å²) in [7, 11) is 0. The number of rotatable bonds is 1. The van der Waals surface area contributed by atoms with Crippen molar-refractivity contribution < 1.29 is 9.47 Å². The monoisotopic (exact) mass is 255 g/mol. The van der Waals surface area contributed by atoms with E-state index in [0.29, 0.717) is 13.2 Å². The Morgan fingerprint density at radius 3 is 1.78 bits per heavy atom. The van der Waals surface area contributed by atoms with Crippen molar-refractivity contribution in [1.82, 2.24) is 0 Å². The lowest BCUT2D eigenvalue weighted by molar-refractivity contribution is -0.178. The van der Waals surface area contributed by atoms with Crippen LogP contribution in [0.25, 0.3) is 0 Å². The lowest BCUT2D eigenvalue weighted by Gasteiger charge is -2.28. The highest BCUT2D eigenvalue weighted by Crippen LogP contribution is 2.34. The fourth-order valence-corrected chi connectivity index (χ4v) is 3.15. The molecule has 1 unspecified atom stereocenters. The Labute approximate surface area is 111 Å². The normalized spacial score (nSPS) is 30.8. The largest absolute Gasteiger partial charge is 0.347 e. The van der Waals surface area contributed by atoms with Crippen LogP contribution in [-0.4, -0.2) is 25.0 Å². The molecule has 0 aromatic rings. The SMILES string of the molecule is NCC1COC2(CCCCCCCCCCC2)O1. The Kier molecular flexibility index (Phi) is 5.93. The minimum absolute atomic E-state index is 0.123. The van der Waals surface area contributed by atoms with E-state index in [-0.39, 0.29) is 11.9 Å². The maximum absolute atomic E-state index is 6.10. The molecule has 3 nitrogen and oxygen atoms in total. The quantitative estimate of drug-likeness (QED) is 0.781. The lowest BCUT2D eigenvalue weighted by atomic mass is 9.97. The zero-order chi connectivity index (χ0) is 12.7. The zero-order valence-electron chi connectivity index (χ0n) is 11.7. The van der Waals surface area contributed by atoms with Crippen LogP contribution in [0.4, 0.5) is 0 Å². The van der Waals surface area contributed by atoms with Gasteiger partial charge in [0.15, 0.2) is 5.79 Å². The van der Waals surface area contributed by atoms with Crippen molar-refractivity contribution in [2.75, 3.05) is 13.2 Å². The molecule has 3 heteroatoms. The average molecular weight is 255 g/mol. The Morgan fingerprint density at radius 1 is 0.833 bits per heavy atom. The van der Waals surface area contributed by atoms with Crippen molar-refractivity contribution in [2.24, 2.45) is 5.73 Å². The second-order valence-corrected chi connectivity index (χ2v) is 5.88. The van der Waals surface area contributed by atoms with Gasteiger partial charge in [0.25, 0.3) is 0 Å². The van der Waals surface area contributed by atoms with Crippen LogP contribution in [0.15, 0.2) is 0 Å². The van der Waals surface area contributed by atoms with Crippen molar-refractivity contribution in [2.45, 2.75) is 82.5 Å². The van der Waals surface area contributed by atoms with Crippen molar-refractivity contribution in [3.8, 4) is 0 Å². The van der Waals surface area contributed by atoms with E-state index in [4.69, 9.17) is 15.2 Å². The van der Waals surface area contributed by atoms with Crippen LogP contribution in [0.5, 0.6) is 0 Å². The summed E-state index contributed by atoms with van der Waals surface area (Å²) in [5, 5.41) is 0. The molecular weight excluding hydrogens is 226 g/mol. The molecule has 1 spiro atoms. The molecule has 1 aliphatic heterocycles. The molecule has 1 heterocycles. The van der Waals surface area contributed by atoms with E-state index in [9.17, 15) is 0 Å². The van der Waals surface area contributed by atoms with Gasteiger partial charge in [0.05, 0.1) is 12.7 Å². The third-order valence-electron chi connectivity index (χ3n) is 4.29. The topological polar surface area (TPSA) is 44.5 Å². The highest BCUT2D eigenvalue weighted by molar-refractivity contribution is 4.80. The summed E-state index contributed by atoms with van der Waals surface area (Å²) in [5.74, 6) is -0.288. The molecule has 0 amide bonds. The smallest absolute Gasteiger partial charge is 0.168 e. The summed E-state index contributed by atoms with van der Waals surface area (Å²) in [5.41, 5.74) is 5.69. The van der Waals surface area contributed by atoms with Gasteiger partial charge in [-0.05, 0) is 12.8 Å². The van der Waals surface area contributed by atoms with E-state index in [0.717, 1.165) is 12.8 Å². The van der Waals surface area contributed by atoms with E-state index >= 15 is 0 Å². The van der Waals surface area contributed by atoms with Crippen molar-refractivity contribution in [3.63, 3.8) is 0 Å². The Balaban J connectivity index is 1.85. The Bertz CT molecular complexity index is 221. The molecule has 1 saturated heterocycles. The molecule has 0 bridgehead atoms. The summed E-state index contributed by atoms with van der Waals surface area (Å²) < 4.78 is 12.1. The first kappa shape index (κ1) is 14.3. The second-order valence-electron chi connectivity index (χ2n) is 5.88. The van der Waals surface area contributed by atoms with E-state index in [1.54, 1.807) is 0 Å². The van der Waals surface area contributed by atoms with Crippen molar-refractivity contribution in [3.05, 3.63) is 0 Å². The standard InChI is InChI=1S/C15H29NO2/c16-12-14-13-17-15(18-14)10-8-6-4-2-1-3-5-7-9-11-15/h14H,1-13,16H2. The van der Waals surface area contributed by atoms with E-state index in [1.165, 1.54) is 57.8 Å². The van der Waals surface area contributed by atoms with Crippen LogP contribution in [0.2, 0.25) is 0 Å². The molecule has 0 radical (unpaired) electrons. The predicted octanol–water partition coefficient (Wildman–Crippen LogP) is 3.36. The molecule has 2 aliphatic rings. The highest BCUT2D eigenvalue weighted by Gasteiger charge is 2.39. The van der Waals surface area contributed by atoms with Gasteiger partial charge in [-0.25, -0.2) is 0 Å². The molecule has 2 fully saturated rings. The molecular formula is C15H29NO2. The lowest BCUT2D eigenvalue weighted by Crippen LogP contribution is -2.32.